The lowest BCUT2D eigenvalue weighted by Crippen LogP contribution is -2.59. The van der Waals surface area contributed by atoms with E-state index >= 15 is 0 Å². The van der Waals surface area contributed by atoms with E-state index in [4.69, 9.17) is 14.2 Å². The standard InChI is InChI=1S/C27H44O7/c1-14-21(28)22(29)23(30)25(33-14)34-16-9-11-26(2)15(13-16)5-6-17-18-7-8-20(24(31)32-4)27(18,3)12-10-19(17)26/h14-23,25,28-30H,5-13H2,1-4H3/t14-,15-,16?,17+,18+,19+,20-,21-,22+,23+,25-,26+,27+/m1/s1. The monoisotopic (exact) mass is 480 g/mol. The van der Waals surface area contributed by atoms with Crippen LogP contribution in [-0.4, -0.2) is 65.2 Å². The van der Waals surface area contributed by atoms with E-state index in [1.54, 1.807) is 6.92 Å². The fraction of sp³-hybridized carbons (Fsp3) is 0.963. The molecule has 7 nitrogen and oxygen atoms in total. The molecule has 0 aromatic carbocycles. The second-order valence-corrected chi connectivity index (χ2v) is 12.6. The lowest BCUT2D eigenvalue weighted by atomic mass is 9.44. The van der Waals surface area contributed by atoms with Crippen LogP contribution in [0.3, 0.4) is 0 Å². The first-order chi connectivity index (χ1) is 16.1. The molecule has 13 atom stereocenters. The minimum Gasteiger partial charge on any atom is -0.469 e. The Bertz CT molecular complexity index is 774. The number of carbonyl (C=O) groups excluding carboxylic acids is 1. The number of carbonyl (C=O) groups is 1. The first kappa shape index (κ1) is 24.9. The van der Waals surface area contributed by atoms with Gasteiger partial charge in [0.25, 0.3) is 0 Å². The van der Waals surface area contributed by atoms with Crippen molar-refractivity contribution in [3.63, 3.8) is 0 Å². The van der Waals surface area contributed by atoms with Crippen LogP contribution in [0.4, 0.5) is 0 Å². The molecule has 4 saturated carbocycles. The van der Waals surface area contributed by atoms with Gasteiger partial charge in [-0.3, -0.25) is 4.79 Å². The first-order valence-corrected chi connectivity index (χ1v) is 13.5. The SMILES string of the molecule is COC(=O)[C@H]1CC[C@H]2[C@@H]3CC[C@@H]4CC(O[C@H]5O[C@H](C)[C@@H](O)[C@H](O)[C@@H]5O)CC[C@]4(C)[C@H]3CC[C@]12C. The largest absolute Gasteiger partial charge is 0.469 e. The van der Waals surface area contributed by atoms with E-state index in [2.05, 4.69) is 13.8 Å². The smallest absolute Gasteiger partial charge is 0.309 e. The molecule has 1 aliphatic heterocycles. The minimum atomic E-state index is -1.25. The van der Waals surface area contributed by atoms with Crippen molar-refractivity contribution in [2.24, 2.45) is 40.4 Å². The third-order valence-corrected chi connectivity index (χ3v) is 11.2. The van der Waals surface area contributed by atoms with Crippen LogP contribution >= 0.6 is 0 Å². The summed E-state index contributed by atoms with van der Waals surface area (Å²) in [6, 6.07) is 0. The first-order valence-electron chi connectivity index (χ1n) is 13.5. The molecule has 0 aromatic rings. The van der Waals surface area contributed by atoms with E-state index in [1.165, 1.54) is 26.4 Å². The van der Waals surface area contributed by atoms with Crippen molar-refractivity contribution in [2.45, 2.75) is 115 Å². The molecule has 0 amide bonds. The molecule has 0 bridgehead atoms. The van der Waals surface area contributed by atoms with Crippen LogP contribution < -0.4 is 0 Å². The molecule has 0 spiro atoms. The highest BCUT2D eigenvalue weighted by atomic mass is 16.7. The van der Waals surface area contributed by atoms with Crippen LogP contribution in [0.15, 0.2) is 0 Å². The Morgan fingerprint density at radius 2 is 1.59 bits per heavy atom. The number of hydrogen-bond acceptors (Lipinski definition) is 7. The van der Waals surface area contributed by atoms with Gasteiger partial charge >= 0.3 is 5.97 Å². The number of aliphatic hydroxyl groups excluding tert-OH is 3. The summed E-state index contributed by atoms with van der Waals surface area (Å²) in [5, 5.41) is 30.5. The van der Waals surface area contributed by atoms with Gasteiger partial charge in [-0.05, 0) is 99.2 Å². The highest BCUT2D eigenvalue weighted by Crippen LogP contribution is 2.67. The fourth-order valence-corrected chi connectivity index (χ4v) is 9.19. The summed E-state index contributed by atoms with van der Waals surface area (Å²) >= 11 is 0. The third kappa shape index (κ3) is 3.76. The van der Waals surface area contributed by atoms with E-state index in [0.717, 1.165) is 38.5 Å². The van der Waals surface area contributed by atoms with Crippen molar-refractivity contribution in [1.82, 2.24) is 0 Å². The number of hydrogen-bond donors (Lipinski definition) is 3. The van der Waals surface area contributed by atoms with Crippen molar-refractivity contribution in [3.05, 3.63) is 0 Å². The lowest BCUT2D eigenvalue weighted by Gasteiger charge is -2.61. The number of methoxy groups -OCH3 is 1. The van der Waals surface area contributed by atoms with Gasteiger partial charge in [0.2, 0.25) is 0 Å². The minimum absolute atomic E-state index is 0.00652. The molecule has 1 unspecified atom stereocenters. The molecule has 7 heteroatoms. The van der Waals surface area contributed by atoms with Crippen LogP contribution in [-0.2, 0) is 19.0 Å². The Hall–Kier alpha value is -0.730. The number of ether oxygens (including phenoxy) is 3. The quantitative estimate of drug-likeness (QED) is 0.421. The number of aliphatic hydroxyl groups is 3. The summed E-state index contributed by atoms with van der Waals surface area (Å²) in [6.07, 6.45) is 4.69. The molecule has 1 heterocycles. The zero-order valence-corrected chi connectivity index (χ0v) is 21.2. The molecule has 194 valence electrons. The maximum atomic E-state index is 12.5. The van der Waals surface area contributed by atoms with Crippen LogP contribution in [0.1, 0.15) is 78.6 Å². The molecule has 1 saturated heterocycles. The Morgan fingerprint density at radius 3 is 2.32 bits per heavy atom. The molecule has 3 N–H and O–H groups in total. The van der Waals surface area contributed by atoms with E-state index in [-0.39, 0.29) is 28.8 Å². The van der Waals surface area contributed by atoms with Gasteiger partial charge in [0.05, 0.1) is 25.2 Å². The second-order valence-electron chi connectivity index (χ2n) is 12.6. The van der Waals surface area contributed by atoms with Crippen molar-refractivity contribution in [1.29, 1.82) is 0 Å². The van der Waals surface area contributed by atoms with Gasteiger partial charge in [-0.15, -0.1) is 0 Å². The maximum absolute atomic E-state index is 12.5. The molecular formula is C27H44O7. The van der Waals surface area contributed by atoms with Gasteiger partial charge in [0, 0.05) is 0 Å². The Labute approximate surface area is 203 Å². The highest BCUT2D eigenvalue weighted by Gasteiger charge is 2.61. The average molecular weight is 481 g/mol. The summed E-state index contributed by atoms with van der Waals surface area (Å²) in [5.41, 5.74) is 0.358. The summed E-state index contributed by atoms with van der Waals surface area (Å²) in [4.78, 5) is 12.5. The Kier molecular flexibility index (Phi) is 6.59. The predicted octanol–water partition coefficient (Wildman–Crippen LogP) is 3.03. The van der Waals surface area contributed by atoms with Crippen LogP contribution in [0.5, 0.6) is 0 Å². The number of esters is 1. The van der Waals surface area contributed by atoms with Crippen molar-refractivity contribution < 1.29 is 34.3 Å². The Balaban J connectivity index is 1.26. The summed E-state index contributed by atoms with van der Waals surface area (Å²) in [7, 11) is 1.53. The predicted molar refractivity (Wildman–Crippen MR) is 124 cm³/mol. The highest BCUT2D eigenvalue weighted by molar-refractivity contribution is 5.73. The summed E-state index contributed by atoms with van der Waals surface area (Å²) in [6.45, 7) is 6.54. The maximum Gasteiger partial charge on any atom is 0.309 e. The molecule has 4 aliphatic carbocycles. The van der Waals surface area contributed by atoms with Crippen LogP contribution in [0.2, 0.25) is 0 Å². The molecule has 5 aliphatic rings. The van der Waals surface area contributed by atoms with E-state index in [1.807, 2.05) is 0 Å². The molecular weight excluding hydrogens is 436 g/mol. The van der Waals surface area contributed by atoms with Crippen LogP contribution in [0, 0.1) is 40.4 Å². The molecule has 5 fully saturated rings. The zero-order chi connectivity index (χ0) is 24.4. The molecule has 34 heavy (non-hydrogen) atoms. The average Bonchev–Trinajstić information content (AvgIpc) is 3.18. The van der Waals surface area contributed by atoms with Gasteiger partial charge in [-0.1, -0.05) is 13.8 Å². The number of rotatable bonds is 3. The molecule has 5 rings (SSSR count). The summed E-state index contributed by atoms with van der Waals surface area (Å²) < 4.78 is 17.1. The topological polar surface area (TPSA) is 105 Å². The molecule has 0 radical (unpaired) electrons. The van der Waals surface area contributed by atoms with Crippen molar-refractivity contribution in [2.75, 3.05) is 7.11 Å². The third-order valence-electron chi connectivity index (χ3n) is 11.2. The number of fused-ring (bicyclic) bond motifs is 5. The van der Waals surface area contributed by atoms with Crippen molar-refractivity contribution >= 4 is 5.97 Å². The molecule has 0 aromatic heterocycles. The van der Waals surface area contributed by atoms with Gasteiger partial charge in [-0.2, -0.15) is 0 Å². The van der Waals surface area contributed by atoms with Gasteiger partial charge in [-0.25, -0.2) is 0 Å². The van der Waals surface area contributed by atoms with Gasteiger partial charge in [0.15, 0.2) is 6.29 Å². The normalized spacial score (nSPS) is 55.1. The van der Waals surface area contributed by atoms with Crippen molar-refractivity contribution in [3.8, 4) is 0 Å². The fourth-order valence-electron chi connectivity index (χ4n) is 9.19. The summed E-state index contributed by atoms with van der Waals surface area (Å²) in [5.74, 6) is 2.60. The van der Waals surface area contributed by atoms with Gasteiger partial charge < -0.3 is 29.5 Å². The lowest BCUT2D eigenvalue weighted by molar-refractivity contribution is -0.309. The van der Waals surface area contributed by atoms with E-state index < -0.39 is 30.7 Å². The zero-order valence-electron chi connectivity index (χ0n) is 21.2. The second kappa shape index (κ2) is 8.98. The van der Waals surface area contributed by atoms with E-state index in [9.17, 15) is 20.1 Å². The van der Waals surface area contributed by atoms with Crippen LogP contribution in [0.25, 0.3) is 0 Å². The Morgan fingerprint density at radius 1 is 0.882 bits per heavy atom. The van der Waals surface area contributed by atoms with Gasteiger partial charge in [0.1, 0.15) is 18.3 Å². The van der Waals surface area contributed by atoms with E-state index in [0.29, 0.717) is 23.7 Å².